The Kier molecular flexibility index (Phi) is 0.773. The van der Waals surface area contributed by atoms with Crippen molar-refractivity contribution in [2.24, 2.45) is 0 Å². The molecule has 0 fully saturated rings. The smallest absolute Gasteiger partial charge is 0.141 e. The van der Waals surface area contributed by atoms with E-state index in [4.69, 9.17) is 0 Å². The van der Waals surface area contributed by atoms with E-state index in [1.165, 1.54) is 6.33 Å². The topological polar surface area (TPSA) is 41.6 Å². The molecule has 43 valence electrons. The molecule has 0 atom stereocenters. The number of hydrogen-bond acceptors (Lipinski definition) is 2. The summed E-state index contributed by atoms with van der Waals surface area (Å²) in [6, 6.07) is 1.88. The van der Waals surface area contributed by atoms with E-state index < -0.39 is 0 Å². The predicted molar refractivity (Wildman–Crippen MR) is 32.7 cm³/mol. The molecule has 0 saturated heterocycles. The Bertz CT molecular complexity index is 282. The minimum absolute atomic E-state index is 0.838. The standard InChI is InChI=1S/C6H4N3/c1-2-8-6-5(1)3-7-4-9-6/h1-2,4H,(H,7,8,9). The molecule has 0 bridgehead atoms. The lowest BCUT2D eigenvalue weighted by Crippen LogP contribution is -1.76. The molecule has 0 saturated carbocycles. The highest BCUT2D eigenvalue weighted by molar-refractivity contribution is 5.72. The van der Waals surface area contributed by atoms with Crippen molar-refractivity contribution in [3.05, 3.63) is 24.8 Å². The normalized spacial score (nSPS) is 10.2. The van der Waals surface area contributed by atoms with Gasteiger partial charge in [-0.3, -0.25) is 0 Å². The molecule has 2 aromatic rings. The molecule has 0 aliphatic rings. The number of nitrogens with zero attached hydrogens (tertiary/aromatic N) is 2. The maximum atomic E-state index is 3.94. The van der Waals surface area contributed by atoms with Crippen molar-refractivity contribution in [1.29, 1.82) is 0 Å². The molecular formula is C6H4N3. The van der Waals surface area contributed by atoms with Crippen LogP contribution in [0.5, 0.6) is 0 Å². The third-order valence-corrected chi connectivity index (χ3v) is 1.15. The van der Waals surface area contributed by atoms with Crippen LogP contribution in [0, 0.1) is 6.20 Å². The van der Waals surface area contributed by atoms with Crippen molar-refractivity contribution >= 4 is 11.0 Å². The Balaban J connectivity index is 2.95. The van der Waals surface area contributed by atoms with Crippen LogP contribution in [0.25, 0.3) is 11.0 Å². The van der Waals surface area contributed by atoms with Crippen molar-refractivity contribution in [2.45, 2.75) is 0 Å². The first-order chi connectivity index (χ1) is 4.47. The first-order valence-corrected chi connectivity index (χ1v) is 2.62. The summed E-state index contributed by atoms with van der Waals surface area (Å²) >= 11 is 0. The zero-order chi connectivity index (χ0) is 6.10. The first-order valence-electron chi connectivity index (χ1n) is 2.62. The van der Waals surface area contributed by atoms with Gasteiger partial charge in [-0.05, 0) is 6.07 Å². The van der Waals surface area contributed by atoms with Gasteiger partial charge in [0.1, 0.15) is 18.2 Å². The van der Waals surface area contributed by atoms with E-state index in [1.807, 2.05) is 12.3 Å². The monoisotopic (exact) mass is 118 g/mol. The fourth-order valence-corrected chi connectivity index (χ4v) is 0.743. The van der Waals surface area contributed by atoms with E-state index in [9.17, 15) is 0 Å². The fourth-order valence-electron chi connectivity index (χ4n) is 0.743. The van der Waals surface area contributed by atoms with Gasteiger partial charge in [0.25, 0.3) is 0 Å². The molecule has 1 N–H and O–H groups in total. The first kappa shape index (κ1) is 4.49. The Morgan fingerprint density at radius 2 is 2.56 bits per heavy atom. The van der Waals surface area contributed by atoms with Crippen LogP contribution in [0.3, 0.4) is 0 Å². The van der Waals surface area contributed by atoms with E-state index in [0.717, 1.165) is 11.0 Å². The van der Waals surface area contributed by atoms with Gasteiger partial charge < -0.3 is 4.98 Å². The molecule has 3 nitrogen and oxygen atoms in total. The van der Waals surface area contributed by atoms with Crippen LogP contribution in [0.15, 0.2) is 18.6 Å². The van der Waals surface area contributed by atoms with E-state index in [0.29, 0.717) is 0 Å². The molecule has 0 unspecified atom stereocenters. The molecule has 0 aliphatic carbocycles. The molecule has 0 aliphatic heterocycles. The van der Waals surface area contributed by atoms with Crippen molar-refractivity contribution in [3.8, 4) is 0 Å². The number of nitrogens with one attached hydrogen (secondary N) is 1. The van der Waals surface area contributed by atoms with Gasteiger partial charge in [-0.15, -0.1) is 0 Å². The van der Waals surface area contributed by atoms with Crippen molar-refractivity contribution in [1.82, 2.24) is 15.0 Å². The maximum Gasteiger partial charge on any atom is 0.141 e. The van der Waals surface area contributed by atoms with Crippen molar-refractivity contribution < 1.29 is 0 Å². The van der Waals surface area contributed by atoms with Crippen LogP contribution in [-0.4, -0.2) is 15.0 Å². The van der Waals surface area contributed by atoms with Crippen molar-refractivity contribution in [2.75, 3.05) is 0 Å². The van der Waals surface area contributed by atoms with Crippen LogP contribution in [-0.2, 0) is 0 Å². The van der Waals surface area contributed by atoms with Gasteiger partial charge >= 0.3 is 0 Å². The number of rotatable bonds is 0. The Morgan fingerprint density at radius 3 is 3.44 bits per heavy atom. The molecular weight excluding hydrogens is 114 g/mol. The van der Waals surface area contributed by atoms with Crippen LogP contribution in [0.4, 0.5) is 0 Å². The Morgan fingerprint density at radius 1 is 1.56 bits per heavy atom. The second-order valence-corrected chi connectivity index (χ2v) is 1.73. The van der Waals surface area contributed by atoms with Gasteiger partial charge in [0.05, 0.1) is 0 Å². The highest BCUT2D eigenvalue weighted by atomic mass is 14.9. The maximum absolute atomic E-state index is 3.94. The quantitative estimate of drug-likeness (QED) is 0.554. The average molecular weight is 118 g/mol. The highest BCUT2D eigenvalue weighted by Gasteiger charge is 1.90. The van der Waals surface area contributed by atoms with Gasteiger partial charge in [-0.1, -0.05) is 0 Å². The lowest BCUT2D eigenvalue weighted by molar-refractivity contribution is 1.19. The van der Waals surface area contributed by atoms with E-state index in [2.05, 4.69) is 21.1 Å². The molecule has 9 heavy (non-hydrogen) atoms. The number of aromatic nitrogens is 3. The van der Waals surface area contributed by atoms with Crippen LogP contribution < -0.4 is 0 Å². The Hall–Kier alpha value is -1.38. The SMILES string of the molecule is [c]1ncnc2[nH]ccc12. The van der Waals surface area contributed by atoms with Crippen LogP contribution in [0.2, 0.25) is 0 Å². The summed E-state index contributed by atoms with van der Waals surface area (Å²) in [5, 5.41) is 0.928. The molecule has 0 aromatic carbocycles. The largest absolute Gasteiger partial charge is 0.346 e. The molecule has 0 spiro atoms. The minimum atomic E-state index is 0.838. The third-order valence-electron chi connectivity index (χ3n) is 1.15. The van der Waals surface area contributed by atoms with E-state index in [1.54, 1.807) is 0 Å². The zero-order valence-corrected chi connectivity index (χ0v) is 4.63. The lowest BCUT2D eigenvalue weighted by Gasteiger charge is -1.80. The van der Waals surface area contributed by atoms with E-state index in [-0.39, 0.29) is 0 Å². The second-order valence-electron chi connectivity index (χ2n) is 1.73. The third kappa shape index (κ3) is 0.579. The van der Waals surface area contributed by atoms with Gasteiger partial charge in [-0.25, -0.2) is 9.97 Å². The Labute approximate surface area is 51.8 Å². The molecule has 0 amide bonds. The summed E-state index contributed by atoms with van der Waals surface area (Å²) in [7, 11) is 0. The summed E-state index contributed by atoms with van der Waals surface area (Å²) in [5.41, 5.74) is 0.838. The summed E-state index contributed by atoms with van der Waals surface area (Å²) in [6.07, 6.45) is 6.07. The number of aromatic amines is 1. The number of hydrogen-bond donors (Lipinski definition) is 1. The van der Waals surface area contributed by atoms with Gasteiger partial charge in [0.15, 0.2) is 0 Å². The summed E-state index contributed by atoms with van der Waals surface area (Å²) < 4.78 is 0. The van der Waals surface area contributed by atoms with Crippen LogP contribution >= 0.6 is 0 Å². The van der Waals surface area contributed by atoms with Crippen molar-refractivity contribution in [3.63, 3.8) is 0 Å². The van der Waals surface area contributed by atoms with Gasteiger partial charge in [-0.2, -0.15) is 0 Å². The minimum Gasteiger partial charge on any atom is -0.346 e. The zero-order valence-electron chi connectivity index (χ0n) is 4.63. The molecule has 3 heteroatoms. The summed E-state index contributed by atoms with van der Waals surface area (Å²) in [5.74, 6) is 0. The number of H-pyrrole nitrogens is 1. The highest BCUT2D eigenvalue weighted by Crippen LogP contribution is 2.03. The van der Waals surface area contributed by atoms with Gasteiger partial charge in [0.2, 0.25) is 0 Å². The molecule has 1 radical (unpaired) electrons. The second kappa shape index (κ2) is 1.55. The summed E-state index contributed by atoms with van der Waals surface area (Å²) in [6.45, 7) is 0. The molecule has 2 heterocycles. The molecule has 2 rings (SSSR count). The summed E-state index contributed by atoms with van der Waals surface area (Å²) in [4.78, 5) is 10.6. The lowest BCUT2D eigenvalue weighted by atomic mass is 10.4. The number of fused-ring (bicyclic) bond motifs is 1. The van der Waals surface area contributed by atoms with Crippen LogP contribution in [0.1, 0.15) is 0 Å². The average Bonchev–Trinajstić information content (AvgIpc) is 2.33. The fraction of sp³-hybridized carbons (Fsp3) is 0. The van der Waals surface area contributed by atoms with E-state index >= 15 is 0 Å². The molecule has 2 aromatic heterocycles. The van der Waals surface area contributed by atoms with Gasteiger partial charge in [0, 0.05) is 11.6 Å². The predicted octanol–water partition coefficient (Wildman–Crippen LogP) is 0.758.